The van der Waals surface area contributed by atoms with Crippen molar-refractivity contribution in [1.82, 2.24) is 14.9 Å². The van der Waals surface area contributed by atoms with Crippen molar-refractivity contribution >= 4 is 45.9 Å². The van der Waals surface area contributed by atoms with Crippen molar-refractivity contribution in [3.63, 3.8) is 0 Å². The molecule has 0 saturated carbocycles. The van der Waals surface area contributed by atoms with Crippen LogP contribution in [0.4, 0.5) is 0 Å². The van der Waals surface area contributed by atoms with Crippen LogP contribution in [0.1, 0.15) is 16.2 Å². The van der Waals surface area contributed by atoms with E-state index in [1.165, 1.54) is 0 Å². The van der Waals surface area contributed by atoms with Gasteiger partial charge in [0, 0.05) is 28.6 Å². The number of benzene rings is 3. The normalized spacial score (nSPS) is 10.8. The Morgan fingerprint density at radius 2 is 1.58 bits per heavy atom. The molecule has 0 spiro atoms. The number of imidazole rings is 1. The molecule has 8 heteroatoms. The number of Topliss-reactive ketones (excluding diaryl/α,β-unsaturated/α-hetero) is 1. The fourth-order valence-corrected chi connectivity index (χ4v) is 3.66. The van der Waals surface area contributed by atoms with E-state index in [-0.39, 0.29) is 24.8 Å². The molecule has 168 valence electrons. The maximum atomic E-state index is 12.9. The van der Waals surface area contributed by atoms with Crippen LogP contribution in [0.3, 0.4) is 0 Å². The molecule has 1 heterocycles. The summed E-state index contributed by atoms with van der Waals surface area (Å²) >= 11 is 11.8. The predicted octanol–water partition coefficient (Wildman–Crippen LogP) is 4.96. The summed E-state index contributed by atoms with van der Waals surface area (Å²) in [5, 5.41) is 4.01. The summed E-state index contributed by atoms with van der Waals surface area (Å²) in [5.41, 5.74) is 2.25. The Kier molecular flexibility index (Phi) is 7.27. The van der Waals surface area contributed by atoms with Crippen LogP contribution in [-0.4, -0.2) is 34.4 Å². The van der Waals surface area contributed by atoms with Gasteiger partial charge < -0.3 is 14.6 Å². The number of fused-ring (bicyclic) bond motifs is 1. The van der Waals surface area contributed by atoms with Crippen LogP contribution in [0.25, 0.3) is 11.0 Å². The number of aromatic nitrogens is 2. The molecule has 0 aliphatic heterocycles. The highest BCUT2D eigenvalue weighted by molar-refractivity contribution is 6.30. The summed E-state index contributed by atoms with van der Waals surface area (Å²) in [5.74, 6) is 0.996. The highest BCUT2D eigenvalue weighted by Gasteiger charge is 2.15. The third-order valence-corrected chi connectivity index (χ3v) is 5.56. The molecule has 3 aromatic carbocycles. The average molecular weight is 482 g/mol. The summed E-state index contributed by atoms with van der Waals surface area (Å²) in [7, 11) is 0. The quantitative estimate of drug-likeness (QED) is 0.342. The van der Waals surface area contributed by atoms with Crippen LogP contribution in [0.2, 0.25) is 10.0 Å². The first-order valence-electron chi connectivity index (χ1n) is 10.4. The standard InChI is InChI=1S/C25H21Cl2N3O3/c26-18-7-5-17(6-8-18)23(31)15-30-22-4-2-1-3-21(22)29-24(30)13-14-28-25(32)16-33-20-11-9-19(27)10-12-20/h1-12H,13-16H2,(H,28,32). The van der Waals surface area contributed by atoms with Gasteiger partial charge in [0.25, 0.3) is 5.91 Å². The first kappa shape index (κ1) is 22.8. The van der Waals surface area contributed by atoms with Crippen molar-refractivity contribution < 1.29 is 14.3 Å². The minimum Gasteiger partial charge on any atom is -0.484 e. The number of para-hydroxylation sites is 2. The van der Waals surface area contributed by atoms with Crippen molar-refractivity contribution in [2.75, 3.05) is 13.2 Å². The lowest BCUT2D eigenvalue weighted by atomic mass is 10.1. The zero-order chi connectivity index (χ0) is 23.2. The Morgan fingerprint density at radius 1 is 0.909 bits per heavy atom. The number of rotatable bonds is 9. The van der Waals surface area contributed by atoms with E-state index in [1.807, 2.05) is 28.8 Å². The molecule has 0 saturated heterocycles. The summed E-state index contributed by atoms with van der Waals surface area (Å²) in [6, 6.07) is 21.3. The van der Waals surface area contributed by atoms with Crippen LogP contribution in [0, 0.1) is 0 Å². The van der Waals surface area contributed by atoms with Gasteiger partial charge >= 0.3 is 0 Å². The van der Waals surface area contributed by atoms with Gasteiger partial charge in [-0.2, -0.15) is 0 Å². The third-order valence-electron chi connectivity index (χ3n) is 5.06. The van der Waals surface area contributed by atoms with Crippen molar-refractivity contribution in [3.05, 3.63) is 94.2 Å². The third kappa shape index (κ3) is 5.92. The van der Waals surface area contributed by atoms with Gasteiger partial charge in [-0.15, -0.1) is 0 Å². The fourth-order valence-electron chi connectivity index (χ4n) is 3.41. The van der Waals surface area contributed by atoms with Gasteiger partial charge in [-0.1, -0.05) is 35.3 Å². The van der Waals surface area contributed by atoms with E-state index in [4.69, 9.17) is 27.9 Å². The van der Waals surface area contributed by atoms with Gasteiger partial charge in [-0.3, -0.25) is 9.59 Å². The number of ketones is 1. The number of ether oxygens (including phenoxy) is 1. The van der Waals surface area contributed by atoms with Gasteiger partial charge in [0.05, 0.1) is 17.6 Å². The van der Waals surface area contributed by atoms with Crippen LogP contribution >= 0.6 is 23.2 Å². The minimum atomic E-state index is -0.246. The van der Waals surface area contributed by atoms with Gasteiger partial charge in [0.2, 0.25) is 0 Å². The lowest BCUT2D eigenvalue weighted by Crippen LogP contribution is -2.31. The SMILES string of the molecule is O=C(COc1ccc(Cl)cc1)NCCc1nc2ccccc2n1CC(=O)c1ccc(Cl)cc1. The van der Waals surface area contributed by atoms with E-state index in [9.17, 15) is 9.59 Å². The van der Waals surface area contributed by atoms with Crippen LogP contribution < -0.4 is 10.1 Å². The zero-order valence-electron chi connectivity index (χ0n) is 17.6. The Balaban J connectivity index is 1.39. The van der Waals surface area contributed by atoms with E-state index >= 15 is 0 Å². The Labute approximate surface area is 201 Å². The number of halogens is 2. The Morgan fingerprint density at radius 3 is 2.30 bits per heavy atom. The molecule has 33 heavy (non-hydrogen) atoms. The van der Waals surface area contributed by atoms with E-state index < -0.39 is 0 Å². The molecule has 1 aromatic heterocycles. The molecule has 0 radical (unpaired) electrons. The average Bonchev–Trinajstić information content (AvgIpc) is 3.16. The second-order valence-electron chi connectivity index (χ2n) is 7.38. The number of carbonyl (C=O) groups excluding carboxylic acids is 2. The number of nitrogens with zero attached hydrogens (tertiary/aromatic N) is 2. The summed E-state index contributed by atoms with van der Waals surface area (Å²) in [4.78, 5) is 29.7. The van der Waals surface area contributed by atoms with Crippen LogP contribution in [-0.2, 0) is 17.8 Å². The monoisotopic (exact) mass is 481 g/mol. The number of hydrogen-bond acceptors (Lipinski definition) is 4. The molecule has 0 fully saturated rings. The maximum absolute atomic E-state index is 12.9. The molecule has 1 amide bonds. The van der Waals surface area contributed by atoms with Gasteiger partial charge in [-0.25, -0.2) is 4.98 Å². The molecule has 0 unspecified atom stereocenters. The molecule has 4 rings (SSSR count). The topological polar surface area (TPSA) is 73.2 Å². The summed E-state index contributed by atoms with van der Waals surface area (Å²) in [6.45, 7) is 0.402. The summed E-state index contributed by atoms with van der Waals surface area (Å²) in [6.07, 6.45) is 0.468. The lowest BCUT2D eigenvalue weighted by Gasteiger charge is -2.10. The van der Waals surface area contributed by atoms with E-state index in [0.717, 1.165) is 16.9 Å². The number of hydrogen-bond donors (Lipinski definition) is 1. The molecular formula is C25H21Cl2N3O3. The molecule has 4 aromatic rings. The number of nitrogens with one attached hydrogen (secondary N) is 1. The highest BCUT2D eigenvalue weighted by atomic mass is 35.5. The first-order valence-corrected chi connectivity index (χ1v) is 11.1. The van der Waals surface area contributed by atoms with Crippen molar-refractivity contribution in [2.24, 2.45) is 0 Å². The van der Waals surface area contributed by atoms with E-state index in [0.29, 0.717) is 34.3 Å². The summed E-state index contributed by atoms with van der Waals surface area (Å²) < 4.78 is 7.35. The van der Waals surface area contributed by atoms with Crippen molar-refractivity contribution in [1.29, 1.82) is 0 Å². The van der Waals surface area contributed by atoms with Gasteiger partial charge in [-0.05, 0) is 60.7 Å². The zero-order valence-corrected chi connectivity index (χ0v) is 19.1. The maximum Gasteiger partial charge on any atom is 0.257 e. The molecule has 0 atom stereocenters. The molecular weight excluding hydrogens is 461 g/mol. The van der Waals surface area contributed by atoms with E-state index in [1.54, 1.807) is 48.5 Å². The fraction of sp³-hybridized carbons (Fsp3) is 0.160. The highest BCUT2D eigenvalue weighted by Crippen LogP contribution is 2.18. The number of carbonyl (C=O) groups is 2. The predicted molar refractivity (Wildman–Crippen MR) is 129 cm³/mol. The first-order chi connectivity index (χ1) is 16.0. The Bertz CT molecular complexity index is 1270. The molecule has 0 aliphatic carbocycles. The van der Waals surface area contributed by atoms with Crippen molar-refractivity contribution in [3.8, 4) is 5.75 Å². The minimum absolute atomic E-state index is 0.0449. The second-order valence-corrected chi connectivity index (χ2v) is 8.25. The second kappa shape index (κ2) is 10.5. The Hall–Kier alpha value is -3.35. The lowest BCUT2D eigenvalue weighted by molar-refractivity contribution is -0.123. The smallest absolute Gasteiger partial charge is 0.257 e. The van der Waals surface area contributed by atoms with Crippen LogP contribution in [0.15, 0.2) is 72.8 Å². The number of amides is 1. The molecule has 0 bridgehead atoms. The molecule has 6 nitrogen and oxygen atoms in total. The molecule has 0 aliphatic rings. The van der Waals surface area contributed by atoms with Gasteiger partial charge in [0.15, 0.2) is 12.4 Å². The van der Waals surface area contributed by atoms with Gasteiger partial charge in [0.1, 0.15) is 11.6 Å². The van der Waals surface area contributed by atoms with E-state index in [2.05, 4.69) is 10.3 Å². The largest absolute Gasteiger partial charge is 0.484 e. The van der Waals surface area contributed by atoms with Crippen LogP contribution in [0.5, 0.6) is 5.75 Å². The molecule has 1 N–H and O–H groups in total. The van der Waals surface area contributed by atoms with Crippen molar-refractivity contribution in [2.45, 2.75) is 13.0 Å².